The van der Waals surface area contributed by atoms with Gasteiger partial charge in [-0.3, -0.25) is 0 Å². The fraction of sp³-hybridized carbons (Fsp3) is 0.647. The van der Waals surface area contributed by atoms with Crippen LogP contribution in [0.25, 0.3) is 0 Å². The molecule has 1 aromatic rings. The van der Waals surface area contributed by atoms with Crippen molar-refractivity contribution in [2.24, 2.45) is 0 Å². The van der Waals surface area contributed by atoms with Gasteiger partial charge in [-0.1, -0.05) is 45.9 Å². The van der Waals surface area contributed by atoms with Gasteiger partial charge in [0.05, 0.1) is 0 Å². The summed E-state index contributed by atoms with van der Waals surface area (Å²) in [6, 6.07) is 6.01. The summed E-state index contributed by atoms with van der Waals surface area (Å²) >= 11 is 0. The minimum Gasteiger partial charge on any atom is -0.461 e. The van der Waals surface area contributed by atoms with Gasteiger partial charge in [0.2, 0.25) is 5.79 Å². The standard InChI is InChI=1S/C17H27O5P/c1-12(2)14-8-7-9-15(13(3)4)16(14)21-17(10-5-6-11-17)22-23(18,19)20/h7-9,12-13H,5-6,10-11H2,1-4H3,(H2,18,19,20). The van der Waals surface area contributed by atoms with Gasteiger partial charge in [0.1, 0.15) is 5.75 Å². The molecule has 0 atom stereocenters. The van der Waals surface area contributed by atoms with Gasteiger partial charge >= 0.3 is 7.82 Å². The highest BCUT2D eigenvalue weighted by Gasteiger charge is 2.44. The second-order valence-corrected chi connectivity index (χ2v) is 8.04. The molecule has 6 heteroatoms. The van der Waals surface area contributed by atoms with Crippen LogP contribution >= 0.6 is 7.82 Å². The Kier molecular flexibility index (Phi) is 5.57. The molecule has 1 aromatic carbocycles. The maximum Gasteiger partial charge on any atom is 0.472 e. The van der Waals surface area contributed by atoms with Crippen LogP contribution in [0.2, 0.25) is 0 Å². The van der Waals surface area contributed by atoms with Gasteiger partial charge in [0.15, 0.2) is 0 Å². The first-order valence-electron chi connectivity index (χ1n) is 8.22. The zero-order chi connectivity index (χ0) is 17.3. The third kappa shape index (κ3) is 4.57. The number of para-hydroxylation sites is 1. The van der Waals surface area contributed by atoms with E-state index < -0.39 is 13.6 Å². The zero-order valence-electron chi connectivity index (χ0n) is 14.3. The molecule has 0 saturated heterocycles. The monoisotopic (exact) mass is 342 g/mol. The molecule has 1 aliphatic rings. The number of phosphoric acid groups is 1. The number of hydrogen-bond acceptors (Lipinski definition) is 3. The molecule has 5 nitrogen and oxygen atoms in total. The van der Waals surface area contributed by atoms with Crippen molar-refractivity contribution in [2.45, 2.75) is 71.0 Å². The van der Waals surface area contributed by atoms with Crippen molar-refractivity contribution in [1.82, 2.24) is 0 Å². The van der Waals surface area contributed by atoms with Crippen molar-refractivity contribution >= 4 is 7.82 Å². The lowest BCUT2D eigenvalue weighted by Crippen LogP contribution is -2.35. The lowest BCUT2D eigenvalue weighted by atomic mass is 9.94. The van der Waals surface area contributed by atoms with E-state index in [4.69, 9.17) is 9.26 Å². The van der Waals surface area contributed by atoms with Crippen LogP contribution in [0.15, 0.2) is 18.2 Å². The van der Waals surface area contributed by atoms with Gasteiger partial charge in [-0.2, -0.15) is 0 Å². The van der Waals surface area contributed by atoms with Gasteiger partial charge in [-0.05, 0) is 35.8 Å². The van der Waals surface area contributed by atoms with Gasteiger partial charge < -0.3 is 14.5 Å². The lowest BCUT2D eigenvalue weighted by Gasteiger charge is -2.33. The Balaban J connectivity index is 2.45. The highest BCUT2D eigenvalue weighted by atomic mass is 31.2. The third-order valence-electron chi connectivity index (χ3n) is 4.26. The maximum absolute atomic E-state index is 11.4. The van der Waals surface area contributed by atoms with E-state index in [0.717, 1.165) is 24.0 Å². The molecule has 0 bridgehead atoms. The molecule has 0 amide bonds. The maximum atomic E-state index is 11.4. The molecular formula is C17H27O5P. The Labute approximate surface area is 138 Å². The van der Waals surface area contributed by atoms with Crippen LogP contribution in [-0.4, -0.2) is 15.6 Å². The highest BCUT2D eigenvalue weighted by Crippen LogP contribution is 2.50. The van der Waals surface area contributed by atoms with E-state index in [1.165, 1.54) is 0 Å². The second kappa shape index (κ2) is 6.94. The molecule has 0 aromatic heterocycles. The molecule has 1 saturated carbocycles. The van der Waals surface area contributed by atoms with E-state index >= 15 is 0 Å². The van der Waals surface area contributed by atoms with Crippen molar-refractivity contribution in [2.75, 3.05) is 0 Å². The first-order chi connectivity index (χ1) is 10.6. The molecule has 0 aliphatic heterocycles. The van der Waals surface area contributed by atoms with Crippen LogP contribution in [0.1, 0.15) is 76.3 Å². The Morgan fingerprint density at radius 3 is 1.91 bits per heavy atom. The van der Waals surface area contributed by atoms with E-state index in [9.17, 15) is 14.4 Å². The average Bonchev–Trinajstić information content (AvgIpc) is 2.84. The molecule has 130 valence electrons. The third-order valence-corrected chi connectivity index (χ3v) is 4.83. The summed E-state index contributed by atoms with van der Waals surface area (Å²) in [6.45, 7) is 8.32. The van der Waals surface area contributed by atoms with E-state index in [1.54, 1.807) is 0 Å². The van der Waals surface area contributed by atoms with E-state index in [2.05, 4.69) is 27.7 Å². The Hall–Kier alpha value is -0.870. The molecule has 0 radical (unpaired) electrons. The Bertz CT molecular complexity index is 558. The number of hydrogen-bond donors (Lipinski definition) is 2. The van der Waals surface area contributed by atoms with Crippen LogP contribution < -0.4 is 4.74 Å². The summed E-state index contributed by atoms with van der Waals surface area (Å²) in [6.07, 6.45) is 2.64. The highest BCUT2D eigenvalue weighted by molar-refractivity contribution is 7.46. The molecule has 0 spiro atoms. The smallest absolute Gasteiger partial charge is 0.461 e. The number of ether oxygens (including phenoxy) is 1. The summed E-state index contributed by atoms with van der Waals surface area (Å²) in [5.41, 5.74) is 2.08. The van der Waals surface area contributed by atoms with Gasteiger partial charge in [0, 0.05) is 12.8 Å². The fourth-order valence-electron chi connectivity index (χ4n) is 3.13. The summed E-state index contributed by atoms with van der Waals surface area (Å²) in [5.74, 6) is -0.0181. The first kappa shape index (κ1) is 18.5. The predicted octanol–water partition coefficient (Wildman–Crippen LogP) is 4.69. The minimum absolute atomic E-state index is 0.247. The Morgan fingerprint density at radius 2 is 1.52 bits per heavy atom. The topological polar surface area (TPSA) is 76.0 Å². The molecule has 0 unspecified atom stereocenters. The molecular weight excluding hydrogens is 315 g/mol. The van der Waals surface area contributed by atoms with Gasteiger partial charge in [-0.15, -0.1) is 0 Å². The quantitative estimate of drug-likeness (QED) is 0.579. The van der Waals surface area contributed by atoms with E-state index in [0.29, 0.717) is 18.6 Å². The van der Waals surface area contributed by atoms with Gasteiger partial charge in [-0.25, -0.2) is 9.09 Å². The summed E-state index contributed by atoms with van der Waals surface area (Å²) in [4.78, 5) is 18.6. The van der Waals surface area contributed by atoms with Crippen molar-refractivity contribution in [1.29, 1.82) is 0 Å². The van der Waals surface area contributed by atoms with Crippen LogP contribution in [0.4, 0.5) is 0 Å². The average molecular weight is 342 g/mol. The van der Waals surface area contributed by atoms with E-state index in [1.807, 2.05) is 18.2 Å². The van der Waals surface area contributed by atoms with Crippen LogP contribution in [-0.2, 0) is 9.09 Å². The number of benzene rings is 1. The van der Waals surface area contributed by atoms with Crippen LogP contribution in [0, 0.1) is 0 Å². The summed E-state index contributed by atoms with van der Waals surface area (Å²) < 4.78 is 22.7. The molecule has 23 heavy (non-hydrogen) atoms. The first-order valence-corrected chi connectivity index (χ1v) is 9.75. The van der Waals surface area contributed by atoms with Crippen LogP contribution in [0.5, 0.6) is 5.75 Å². The summed E-state index contributed by atoms with van der Waals surface area (Å²) in [5, 5.41) is 0. The Morgan fingerprint density at radius 1 is 1.04 bits per heavy atom. The molecule has 2 rings (SSSR count). The van der Waals surface area contributed by atoms with Crippen molar-refractivity contribution in [3.8, 4) is 5.75 Å². The number of phosphoric ester groups is 1. The lowest BCUT2D eigenvalue weighted by molar-refractivity contribution is -0.121. The van der Waals surface area contributed by atoms with Gasteiger partial charge in [0.25, 0.3) is 0 Å². The second-order valence-electron chi connectivity index (χ2n) is 6.88. The molecule has 1 fully saturated rings. The van der Waals surface area contributed by atoms with E-state index in [-0.39, 0.29) is 11.8 Å². The normalized spacial score (nSPS) is 17.9. The van der Waals surface area contributed by atoms with Crippen molar-refractivity contribution in [3.05, 3.63) is 29.3 Å². The van der Waals surface area contributed by atoms with Crippen LogP contribution in [0.3, 0.4) is 0 Å². The number of rotatable bonds is 6. The minimum atomic E-state index is -4.62. The predicted molar refractivity (Wildman–Crippen MR) is 89.6 cm³/mol. The SMILES string of the molecule is CC(C)c1cccc(C(C)C)c1OC1(OP(=O)(O)O)CCCC1. The summed E-state index contributed by atoms with van der Waals surface area (Å²) in [7, 11) is -4.62. The molecule has 0 heterocycles. The van der Waals surface area contributed by atoms with Crippen molar-refractivity contribution in [3.63, 3.8) is 0 Å². The fourth-order valence-corrected chi connectivity index (χ4v) is 3.78. The molecule has 1 aliphatic carbocycles. The zero-order valence-corrected chi connectivity index (χ0v) is 15.2. The largest absolute Gasteiger partial charge is 0.472 e. The molecule has 2 N–H and O–H groups in total. The van der Waals surface area contributed by atoms with Crippen molar-refractivity contribution < 1.29 is 23.6 Å².